The molecule has 0 atom stereocenters. The van der Waals surface area contributed by atoms with Crippen molar-refractivity contribution in [2.45, 2.75) is 31.6 Å². The van der Waals surface area contributed by atoms with E-state index in [1.165, 1.54) is 0 Å². The number of rotatable bonds is 3. The fourth-order valence-corrected chi connectivity index (χ4v) is 1.65. The Labute approximate surface area is 76.0 Å². The Bertz CT molecular complexity index is 339. The van der Waals surface area contributed by atoms with Crippen molar-refractivity contribution in [3.8, 4) is 0 Å². The van der Waals surface area contributed by atoms with Gasteiger partial charge < -0.3 is 5.11 Å². The number of carbonyl (C=O) groups is 1. The Balaban J connectivity index is 2.20. The molecule has 1 fully saturated rings. The third-order valence-electron chi connectivity index (χ3n) is 2.59. The molecule has 70 valence electrons. The molecule has 0 spiro atoms. The summed E-state index contributed by atoms with van der Waals surface area (Å²) in [6, 6.07) is 1.94. The predicted molar refractivity (Wildman–Crippen MR) is 46.5 cm³/mol. The van der Waals surface area contributed by atoms with Gasteiger partial charge in [0, 0.05) is 11.1 Å². The van der Waals surface area contributed by atoms with Crippen molar-refractivity contribution >= 4 is 5.97 Å². The van der Waals surface area contributed by atoms with Crippen LogP contribution in [0.5, 0.6) is 0 Å². The van der Waals surface area contributed by atoms with Gasteiger partial charge in [-0.05, 0) is 25.8 Å². The average Bonchev–Trinajstić information content (AvgIpc) is 2.65. The van der Waals surface area contributed by atoms with Gasteiger partial charge in [-0.15, -0.1) is 0 Å². The highest BCUT2D eigenvalue weighted by Gasteiger charge is 2.47. The normalized spacial score (nSPS) is 18.5. The van der Waals surface area contributed by atoms with Crippen molar-refractivity contribution in [1.82, 2.24) is 10.2 Å². The summed E-state index contributed by atoms with van der Waals surface area (Å²) < 4.78 is 0. The van der Waals surface area contributed by atoms with Crippen LogP contribution in [-0.2, 0) is 10.2 Å². The van der Waals surface area contributed by atoms with Crippen molar-refractivity contribution in [3.63, 3.8) is 0 Å². The van der Waals surface area contributed by atoms with Crippen LogP contribution in [-0.4, -0.2) is 21.3 Å². The second-order valence-electron chi connectivity index (χ2n) is 3.79. The molecule has 0 aliphatic heterocycles. The molecule has 1 saturated carbocycles. The van der Waals surface area contributed by atoms with E-state index in [0.29, 0.717) is 0 Å². The molecule has 1 aliphatic rings. The summed E-state index contributed by atoms with van der Waals surface area (Å²) in [6.07, 6.45) is 2.10. The van der Waals surface area contributed by atoms with E-state index >= 15 is 0 Å². The summed E-state index contributed by atoms with van der Waals surface area (Å²) in [5.74, 6) is -0.738. The third kappa shape index (κ3) is 1.43. The number of aliphatic carboxylic acids is 1. The number of H-pyrrole nitrogens is 1. The maximum absolute atomic E-state index is 10.6. The maximum atomic E-state index is 10.6. The highest BCUT2D eigenvalue weighted by atomic mass is 16.4. The molecule has 4 heteroatoms. The highest BCUT2D eigenvalue weighted by molar-refractivity contribution is 5.69. The Hall–Kier alpha value is -1.32. The van der Waals surface area contributed by atoms with Gasteiger partial charge in [-0.25, -0.2) is 0 Å². The van der Waals surface area contributed by atoms with E-state index in [2.05, 4.69) is 10.2 Å². The molecule has 2 N–H and O–H groups in total. The largest absolute Gasteiger partial charge is 0.481 e. The highest BCUT2D eigenvalue weighted by Crippen LogP contribution is 2.50. The molecule has 1 heterocycles. The molecule has 0 amide bonds. The average molecular weight is 180 g/mol. The van der Waals surface area contributed by atoms with Gasteiger partial charge in [0.15, 0.2) is 0 Å². The number of hydrogen-bond acceptors (Lipinski definition) is 2. The number of carboxylic acid groups (broad SMARTS) is 1. The van der Waals surface area contributed by atoms with Crippen molar-refractivity contribution in [2.24, 2.45) is 0 Å². The summed E-state index contributed by atoms with van der Waals surface area (Å²) in [7, 11) is 0. The van der Waals surface area contributed by atoms with Gasteiger partial charge in [-0.2, -0.15) is 5.10 Å². The first-order valence-electron chi connectivity index (χ1n) is 4.37. The van der Waals surface area contributed by atoms with E-state index in [-0.39, 0.29) is 11.8 Å². The number of aromatic amines is 1. The number of nitrogens with zero attached hydrogens (tertiary/aromatic N) is 1. The van der Waals surface area contributed by atoms with Crippen LogP contribution in [0.2, 0.25) is 0 Å². The number of hydrogen-bond donors (Lipinski definition) is 2. The molecule has 0 bridgehead atoms. The van der Waals surface area contributed by atoms with Crippen molar-refractivity contribution in [3.05, 3.63) is 17.5 Å². The van der Waals surface area contributed by atoms with Crippen molar-refractivity contribution < 1.29 is 9.90 Å². The summed E-state index contributed by atoms with van der Waals surface area (Å²) in [5, 5.41) is 15.7. The summed E-state index contributed by atoms with van der Waals surface area (Å²) in [6.45, 7) is 1.92. The molecule has 4 nitrogen and oxygen atoms in total. The first-order chi connectivity index (χ1) is 6.12. The summed E-state index contributed by atoms with van der Waals surface area (Å²) >= 11 is 0. The third-order valence-corrected chi connectivity index (χ3v) is 2.59. The molecule has 13 heavy (non-hydrogen) atoms. The fourth-order valence-electron chi connectivity index (χ4n) is 1.65. The fraction of sp³-hybridized carbons (Fsp3) is 0.556. The van der Waals surface area contributed by atoms with Gasteiger partial charge in [0.1, 0.15) is 0 Å². The molecule has 1 aliphatic carbocycles. The molecule has 2 rings (SSSR count). The zero-order valence-corrected chi connectivity index (χ0v) is 7.50. The number of aryl methyl sites for hydroxylation is 1. The lowest BCUT2D eigenvalue weighted by atomic mass is 9.98. The number of carboxylic acids is 1. The van der Waals surface area contributed by atoms with Gasteiger partial charge in [0.2, 0.25) is 0 Å². The van der Waals surface area contributed by atoms with Crippen LogP contribution >= 0.6 is 0 Å². The Morgan fingerprint density at radius 1 is 1.77 bits per heavy atom. The Morgan fingerprint density at radius 2 is 2.46 bits per heavy atom. The van der Waals surface area contributed by atoms with Gasteiger partial charge in [0.25, 0.3) is 0 Å². The van der Waals surface area contributed by atoms with Crippen LogP contribution < -0.4 is 0 Å². The Morgan fingerprint density at radius 3 is 2.85 bits per heavy atom. The monoisotopic (exact) mass is 180 g/mol. The van der Waals surface area contributed by atoms with E-state index < -0.39 is 5.97 Å². The first kappa shape index (κ1) is 8.29. The van der Waals surface area contributed by atoms with E-state index in [0.717, 1.165) is 24.2 Å². The smallest absolute Gasteiger partial charge is 0.304 e. The zero-order chi connectivity index (χ0) is 9.47. The van der Waals surface area contributed by atoms with Gasteiger partial charge in [-0.1, -0.05) is 0 Å². The van der Waals surface area contributed by atoms with Gasteiger partial charge in [0.05, 0.1) is 12.1 Å². The minimum Gasteiger partial charge on any atom is -0.481 e. The lowest BCUT2D eigenvalue weighted by molar-refractivity contribution is -0.137. The maximum Gasteiger partial charge on any atom is 0.304 e. The van der Waals surface area contributed by atoms with Crippen LogP contribution in [0.3, 0.4) is 0 Å². The standard InChI is InChI=1S/C9H12N2O2/c1-6-4-7(11-10-6)9(2-3-9)5-8(12)13/h4H,2-3,5H2,1H3,(H,10,11)(H,12,13). The topological polar surface area (TPSA) is 66.0 Å². The quantitative estimate of drug-likeness (QED) is 0.735. The van der Waals surface area contributed by atoms with Crippen LogP contribution in [0.15, 0.2) is 6.07 Å². The van der Waals surface area contributed by atoms with E-state index in [4.69, 9.17) is 5.11 Å². The first-order valence-corrected chi connectivity index (χ1v) is 4.37. The minimum atomic E-state index is -0.738. The van der Waals surface area contributed by atoms with E-state index in [9.17, 15) is 4.79 Å². The summed E-state index contributed by atoms with van der Waals surface area (Å²) in [4.78, 5) is 10.6. The van der Waals surface area contributed by atoms with Gasteiger partial charge >= 0.3 is 5.97 Å². The van der Waals surface area contributed by atoms with Gasteiger partial charge in [-0.3, -0.25) is 9.89 Å². The zero-order valence-electron chi connectivity index (χ0n) is 7.50. The Kier molecular flexibility index (Phi) is 1.65. The molecule has 0 radical (unpaired) electrons. The van der Waals surface area contributed by atoms with Crippen LogP contribution in [0, 0.1) is 6.92 Å². The molecule has 0 unspecified atom stereocenters. The molecule has 0 aromatic carbocycles. The molecular formula is C9H12N2O2. The summed E-state index contributed by atoms with van der Waals surface area (Å²) in [5.41, 5.74) is 1.75. The van der Waals surface area contributed by atoms with Crippen LogP contribution in [0.25, 0.3) is 0 Å². The van der Waals surface area contributed by atoms with Crippen LogP contribution in [0.1, 0.15) is 30.7 Å². The molecule has 1 aromatic rings. The SMILES string of the molecule is Cc1cc(C2(CC(=O)O)CC2)n[nH]1. The molecule has 0 saturated heterocycles. The predicted octanol–water partition coefficient (Wildman–Crippen LogP) is 1.22. The second kappa shape index (κ2) is 2.58. The van der Waals surface area contributed by atoms with E-state index in [1.54, 1.807) is 0 Å². The lowest BCUT2D eigenvalue weighted by Gasteiger charge is -2.07. The molecule has 1 aromatic heterocycles. The van der Waals surface area contributed by atoms with Crippen molar-refractivity contribution in [1.29, 1.82) is 0 Å². The number of nitrogens with one attached hydrogen (secondary N) is 1. The molecular weight excluding hydrogens is 168 g/mol. The lowest BCUT2D eigenvalue weighted by Crippen LogP contribution is -2.13. The van der Waals surface area contributed by atoms with Crippen LogP contribution in [0.4, 0.5) is 0 Å². The minimum absolute atomic E-state index is 0.156. The number of aromatic nitrogens is 2. The van der Waals surface area contributed by atoms with E-state index in [1.807, 2.05) is 13.0 Å². The van der Waals surface area contributed by atoms with Crippen molar-refractivity contribution in [2.75, 3.05) is 0 Å². The second-order valence-corrected chi connectivity index (χ2v) is 3.79.